The zero-order chi connectivity index (χ0) is 18.4. The Morgan fingerprint density at radius 1 is 1.22 bits per heavy atom. The summed E-state index contributed by atoms with van der Waals surface area (Å²) in [7, 11) is 0. The van der Waals surface area contributed by atoms with Gasteiger partial charge in [0.05, 0.1) is 35.6 Å². The van der Waals surface area contributed by atoms with Crippen LogP contribution < -0.4 is 4.90 Å². The van der Waals surface area contributed by atoms with Crippen LogP contribution in [-0.2, 0) is 6.42 Å². The van der Waals surface area contributed by atoms with Crippen molar-refractivity contribution < 1.29 is 4.39 Å². The second kappa shape index (κ2) is 5.88. The number of hydrogen-bond acceptors (Lipinski definition) is 6. The van der Waals surface area contributed by atoms with Gasteiger partial charge in [0, 0.05) is 18.7 Å². The third-order valence-electron chi connectivity index (χ3n) is 4.71. The summed E-state index contributed by atoms with van der Waals surface area (Å²) in [5, 5.41) is 13.4. The molecule has 0 unspecified atom stereocenters. The first-order chi connectivity index (χ1) is 13.2. The first kappa shape index (κ1) is 15.5. The Kier molecular flexibility index (Phi) is 3.36. The molecule has 0 saturated carbocycles. The van der Waals surface area contributed by atoms with E-state index in [9.17, 15) is 4.39 Å². The van der Waals surface area contributed by atoms with Crippen molar-refractivity contribution in [1.82, 2.24) is 29.5 Å². The fraction of sp³-hybridized carbons (Fsp3) is 0.167. The number of rotatable bonds is 2. The van der Waals surface area contributed by atoms with E-state index in [0.29, 0.717) is 23.6 Å². The Labute approximate surface area is 152 Å². The van der Waals surface area contributed by atoms with Gasteiger partial charge in [-0.2, -0.15) is 14.8 Å². The van der Waals surface area contributed by atoms with E-state index in [1.165, 1.54) is 16.8 Å². The lowest BCUT2D eigenvalue weighted by Gasteiger charge is -2.34. The van der Waals surface area contributed by atoms with Crippen molar-refractivity contribution in [3.8, 4) is 6.07 Å². The van der Waals surface area contributed by atoms with Gasteiger partial charge in [-0.05, 0) is 18.2 Å². The molecule has 1 aliphatic rings. The van der Waals surface area contributed by atoms with Crippen LogP contribution in [0.1, 0.15) is 28.8 Å². The topological polar surface area (TPSA) is 98.8 Å². The van der Waals surface area contributed by atoms with Gasteiger partial charge in [0.25, 0.3) is 0 Å². The molecule has 27 heavy (non-hydrogen) atoms. The summed E-state index contributed by atoms with van der Waals surface area (Å²) >= 11 is 0. The molecule has 0 spiro atoms. The summed E-state index contributed by atoms with van der Waals surface area (Å²) in [6.45, 7) is 0.663. The molecule has 4 aromatic heterocycles. The van der Waals surface area contributed by atoms with Crippen molar-refractivity contribution >= 4 is 11.3 Å². The van der Waals surface area contributed by atoms with Crippen molar-refractivity contribution in [1.29, 1.82) is 5.26 Å². The number of nitrogens with zero attached hydrogens (tertiary/aromatic N) is 7. The minimum atomic E-state index is -0.429. The van der Waals surface area contributed by atoms with Crippen LogP contribution in [0.4, 0.5) is 10.2 Å². The monoisotopic (exact) mass is 360 g/mol. The first-order valence-electron chi connectivity index (χ1n) is 8.40. The number of anilines is 1. The molecule has 0 amide bonds. The van der Waals surface area contributed by atoms with Crippen LogP contribution >= 0.6 is 0 Å². The van der Waals surface area contributed by atoms with Gasteiger partial charge in [0.15, 0.2) is 5.69 Å². The quantitative estimate of drug-likeness (QED) is 0.549. The molecule has 0 bridgehead atoms. The maximum atomic E-state index is 14.1. The SMILES string of the molecule is N#Cc1cnc(N2CCc3[nH]cnc3[C@H]2c2cc3cccc(F)n3n2)cn1. The van der Waals surface area contributed by atoms with Crippen molar-refractivity contribution in [2.24, 2.45) is 0 Å². The number of nitrogens with one attached hydrogen (secondary N) is 1. The number of aromatic amines is 1. The van der Waals surface area contributed by atoms with Gasteiger partial charge in [-0.25, -0.2) is 19.5 Å². The van der Waals surface area contributed by atoms with Crippen LogP contribution in [0.25, 0.3) is 5.52 Å². The van der Waals surface area contributed by atoms with Crippen LogP contribution in [0.3, 0.4) is 0 Å². The van der Waals surface area contributed by atoms with E-state index in [-0.39, 0.29) is 11.7 Å². The highest BCUT2D eigenvalue weighted by Crippen LogP contribution is 2.35. The summed E-state index contributed by atoms with van der Waals surface area (Å²) in [5.74, 6) is 0.187. The molecular weight excluding hydrogens is 347 g/mol. The highest BCUT2D eigenvalue weighted by molar-refractivity contribution is 5.53. The molecule has 1 N–H and O–H groups in total. The average Bonchev–Trinajstić information content (AvgIpc) is 3.35. The van der Waals surface area contributed by atoms with Crippen LogP contribution in [0, 0.1) is 17.3 Å². The van der Waals surface area contributed by atoms with Crippen molar-refractivity contribution in [2.45, 2.75) is 12.5 Å². The van der Waals surface area contributed by atoms with Gasteiger partial charge in [-0.15, -0.1) is 0 Å². The molecule has 132 valence electrons. The maximum Gasteiger partial charge on any atom is 0.214 e. The lowest BCUT2D eigenvalue weighted by atomic mass is 10.00. The number of pyridine rings is 1. The van der Waals surface area contributed by atoms with E-state index in [2.05, 4.69) is 25.0 Å². The standard InChI is InChI=1S/C18H13FN8/c19-15-3-1-2-12-6-14(25-27(12)15)18-17-13(23-10-24-17)4-5-26(18)16-9-21-11(7-20)8-22-16/h1-3,6,8-10,18H,4-5H2,(H,23,24)/t18-/m1/s1. The molecule has 1 aliphatic heterocycles. The third kappa shape index (κ3) is 2.42. The van der Waals surface area contributed by atoms with Gasteiger partial charge in [-0.1, -0.05) is 6.07 Å². The lowest BCUT2D eigenvalue weighted by Crippen LogP contribution is -2.37. The molecule has 9 heteroatoms. The molecule has 5 rings (SSSR count). The fourth-order valence-corrected chi connectivity index (χ4v) is 3.49. The number of halogens is 1. The minimum Gasteiger partial charge on any atom is -0.348 e. The Morgan fingerprint density at radius 2 is 2.15 bits per heavy atom. The Balaban J connectivity index is 1.66. The molecule has 0 aromatic carbocycles. The Morgan fingerprint density at radius 3 is 2.93 bits per heavy atom. The number of fused-ring (bicyclic) bond motifs is 2. The van der Waals surface area contributed by atoms with Crippen molar-refractivity contribution in [3.05, 3.63) is 71.7 Å². The van der Waals surface area contributed by atoms with Crippen molar-refractivity contribution in [3.63, 3.8) is 0 Å². The third-order valence-corrected chi connectivity index (χ3v) is 4.71. The minimum absolute atomic E-state index is 0.252. The van der Waals surface area contributed by atoms with Crippen LogP contribution in [0.5, 0.6) is 0 Å². The molecule has 0 fully saturated rings. The zero-order valence-electron chi connectivity index (χ0n) is 14.0. The first-order valence-corrected chi connectivity index (χ1v) is 8.40. The predicted molar refractivity (Wildman–Crippen MR) is 93.4 cm³/mol. The zero-order valence-corrected chi connectivity index (χ0v) is 14.0. The number of imidazole rings is 1. The van der Waals surface area contributed by atoms with Gasteiger partial charge in [0.2, 0.25) is 5.95 Å². The molecular formula is C18H13FN8. The normalized spacial score (nSPS) is 16.3. The van der Waals surface area contributed by atoms with Crippen LogP contribution in [0.2, 0.25) is 0 Å². The predicted octanol–water partition coefficient (Wildman–Crippen LogP) is 2.01. The molecule has 0 radical (unpaired) electrons. The van der Waals surface area contributed by atoms with Crippen LogP contribution in [0.15, 0.2) is 43.0 Å². The Hall–Kier alpha value is -3.80. The van der Waals surface area contributed by atoms with E-state index in [0.717, 1.165) is 17.8 Å². The summed E-state index contributed by atoms with van der Waals surface area (Å²) in [4.78, 5) is 18.2. The molecule has 8 nitrogen and oxygen atoms in total. The van der Waals surface area contributed by atoms with E-state index < -0.39 is 5.95 Å². The molecule has 4 aromatic rings. The van der Waals surface area contributed by atoms with Gasteiger partial charge >= 0.3 is 0 Å². The largest absolute Gasteiger partial charge is 0.348 e. The summed E-state index contributed by atoms with van der Waals surface area (Å²) < 4.78 is 15.4. The highest BCUT2D eigenvalue weighted by Gasteiger charge is 2.34. The van der Waals surface area contributed by atoms with E-state index >= 15 is 0 Å². The van der Waals surface area contributed by atoms with E-state index in [4.69, 9.17) is 5.26 Å². The van der Waals surface area contributed by atoms with E-state index in [1.807, 2.05) is 17.0 Å². The highest BCUT2D eigenvalue weighted by atomic mass is 19.1. The van der Waals surface area contributed by atoms with Gasteiger partial charge < -0.3 is 9.88 Å². The smallest absolute Gasteiger partial charge is 0.214 e. The number of nitriles is 1. The van der Waals surface area contributed by atoms with Gasteiger partial charge in [-0.3, -0.25) is 0 Å². The summed E-state index contributed by atoms with van der Waals surface area (Å²) in [6.07, 6.45) is 5.42. The summed E-state index contributed by atoms with van der Waals surface area (Å²) in [6, 6.07) is 8.31. The molecule has 5 heterocycles. The van der Waals surface area contributed by atoms with Gasteiger partial charge in [0.1, 0.15) is 17.9 Å². The Bertz CT molecular complexity index is 1170. The average molecular weight is 360 g/mol. The van der Waals surface area contributed by atoms with Crippen molar-refractivity contribution in [2.75, 3.05) is 11.4 Å². The fourth-order valence-electron chi connectivity index (χ4n) is 3.49. The molecule has 0 saturated heterocycles. The second-order valence-electron chi connectivity index (χ2n) is 6.24. The van der Waals surface area contributed by atoms with E-state index in [1.54, 1.807) is 24.7 Å². The molecule has 1 atom stereocenters. The van der Waals surface area contributed by atoms with Crippen LogP contribution in [-0.4, -0.2) is 36.1 Å². The molecule has 0 aliphatic carbocycles. The second-order valence-corrected chi connectivity index (χ2v) is 6.24. The number of H-pyrrole nitrogens is 1. The maximum absolute atomic E-state index is 14.1. The summed E-state index contributed by atoms with van der Waals surface area (Å²) in [5.41, 5.74) is 3.44. The number of aromatic nitrogens is 6. The number of hydrogen-bond donors (Lipinski definition) is 1. The lowest BCUT2D eigenvalue weighted by molar-refractivity contribution is 0.536.